The Hall–Kier alpha value is -2.05. The Morgan fingerprint density at radius 1 is 1.16 bits per heavy atom. The lowest BCUT2D eigenvalue weighted by Crippen LogP contribution is -2.34. The van der Waals surface area contributed by atoms with Gasteiger partial charge in [-0.3, -0.25) is 0 Å². The van der Waals surface area contributed by atoms with Crippen LogP contribution in [0.5, 0.6) is 11.5 Å². The summed E-state index contributed by atoms with van der Waals surface area (Å²) in [7, 11) is 3.21. The number of thioether (sulfide) groups is 1. The molecule has 0 saturated carbocycles. The van der Waals surface area contributed by atoms with Crippen LogP contribution < -0.4 is 14.8 Å². The SMILES string of the molecule is COc1ccc([C@@H]2SCCN2C(=O)Nc2ccc(Cl)cc2)cc1OC. The van der Waals surface area contributed by atoms with Crippen LogP contribution in [0.2, 0.25) is 5.02 Å². The van der Waals surface area contributed by atoms with Gasteiger partial charge in [0, 0.05) is 23.0 Å². The molecule has 3 rings (SSSR count). The second kappa shape index (κ2) is 7.89. The first-order valence-electron chi connectivity index (χ1n) is 7.79. The molecule has 0 spiro atoms. The third-order valence-electron chi connectivity index (χ3n) is 3.94. The zero-order chi connectivity index (χ0) is 17.8. The molecule has 0 bridgehead atoms. The fraction of sp³-hybridized carbons (Fsp3) is 0.278. The van der Waals surface area contributed by atoms with Crippen molar-refractivity contribution in [3.05, 3.63) is 53.1 Å². The molecule has 0 unspecified atom stereocenters. The van der Waals surface area contributed by atoms with Crippen LogP contribution in [0.4, 0.5) is 10.5 Å². The minimum absolute atomic E-state index is 0.0629. The predicted molar refractivity (Wildman–Crippen MR) is 102 cm³/mol. The second-order valence-electron chi connectivity index (χ2n) is 5.47. The van der Waals surface area contributed by atoms with Crippen LogP contribution in [-0.2, 0) is 0 Å². The Kier molecular flexibility index (Phi) is 5.60. The Morgan fingerprint density at radius 2 is 1.88 bits per heavy atom. The number of nitrogens with zero attached hydrogens (tertiary/aromatic N) is 1. The van der Waals surface area contributed by atoms with Gasteiger partial charge in [0.2, 0.25) is 0 Å². The van der Waals surface area contributed by atoms with E-state index in [4.69, 9.17) is 21.1 Å². The van der Waals surface area contributed by atoms with Gasteiger partial charge in [-0.2, -0.15) is 0 Å². The number of methoxy groups -OCH3 is 2. The van der Waals surface area contributed by atoms with Crippen LogP contribution in [0.25, 0.3) is 0 Å². The van der Waals surface area contributed by atoms with Crippen LogP contribution in [0, 0.1) is 0 Å². The monoisotopic (exact) mass is 378 g/mol. The van der Waals surface area contributed by atoms with E-state index in [0.717, 1.165) is 17.0 Å². The summed E-state index contributed by atoms with van der Waals surface area (Å²) in [6, 6.07) is 12.7. The van der Waals surface area contributed by atoms with E-state index in [-0.39, 0.29) is 11.4 Å². The van der Waals surface area contributed by atoms with E-state index in [0.29, 0.717) is 23.1 Å². The molecule has 1 heterocycles. The third kappa shape index (κ3) is 3.96. The van der Waals surface area contributed by atoms with Crippen LogP contribution in [-0.4, -0.2) is 37.4 Å². The van der Waals surface area contributed by atoms with E-state index in [2.05, 4.69) is 5.32 Å². The minimum atomic E-state index is -0.132. The first-order valence-corrected chi connectivity index (χ1v) is 9.22. The second-order valence-corrected chi connectivity index (χ2v) is 7.09. The zero-order valence-electron chi connectivity index (χ0n) is 14.0. The number of nitrogens with one attached hydrogen (secondary N) is 1. The summed E-state index contributed by atoms with van der Waals surface area (Å²) in [5, 5.41) is 3.50. The molecule has 1 saturated heterocycles. The highest BCUT2D eigenvalue weighted by atomic mass is 35.5. The first-order chi connectivity index (χ1) is 12.1. The number of benzene rings is 2. The fourth-order valence-corrected chi connectivity index (χ4v) is 4.06. The fourth-order valence-electron chi connectivity index (χ4n) is 2.69. The lowest BCUT2D eigenvalue weighted by atomic mass is 10.2. The highest BCUT2D eigenvalue weighted by molar-refractivity contribution is 7.99. The molecular weight excluding hydrogens is 360 g/mol. The Labute approximate surface area is 156 Å². The molecule has 0 radical (unpaired) electrons. The topological polar surface area (TPSA) is 50.8 Å². The lowest BCUT2D eigenvalue weighted by molar-refractivity contribution is 0.214. The average Bonchev–Trinajstić information content (AvgIpc) is 3.13. The van der Waals surface area contributed by atoms with Gasteiger partial charge < -0.3 is 19.7 Å². The van der Waals surface area contributed by atoms with Gasteiger partial charge in [0.05, 0.1) is 14.2 Å². The van der Waals surface area contributed by atoms with Crippen molar-refractivity contribution < 1.29 is 14.3 Å². The van der Waals surface area contributed by atoms with Crippen molar-refractivity contribution in [1.29, 1.82) is 0 Å². The van der Waals surface area contributed by atoms with Crippen molar-refractivity contribution in [3.63, 3.8) is 0 Å². The number of hydrogen-bond acceptors (Lipinski definition) is 4. The van der Waals surface area contributed by atoms with Gasteiger partial charge in [0.1, 0.15) is 5.37 Å². The Balaban J connectivity index is 1.77. The van der Waals surface area contributed by atoms with Gasteiger partial charge in [-0.05, 0) is 42.0 Å². The normalized spacial score (nSPS) is 16.6. The highest BCUT2D eigenvalue weighted by Gasteiger charge is 2.31. The number of carbonyl (C=O) groups excluding carboxylic acids is 1. The molecule has 2 amide bonds. The largest absolute Gasteiger partial charge is 0.493 e. The Morgan fingerprint density at radius 3 is 2.56 bits per heavy atom. The van der Waals surface area contributed by atoms with Crippen molar-refractivity contribution >= 4 is 35.1 Å². The van der Waals surface area contributed by atoms with Crippen molar-refractivity contribution in [2.24, 2.45) is 0 Å². The number of hydrogen-bond donors (Lipinski definition) is 1. The van der Waals surface area contributed by atoms with E-state index >= 15 is 0 Å². The van der Waals surface area contributed by atoms with Gasteiger partial charge in [-0.25, -0.2) is 4.79 Å². The molecule has 2 aromatic rings. The summed E-state index contributed by atoms with van der Waals surface area (Å²) in [4.78, 5) is 14.5. The maximum atomic E-state index is 12.7. The van der Waals surface area contributed by atoms with Crippen molar-refractivity contribution in [2.45, 2.75) is 5.37 Å². The first kappa shape index (κ1) is 17.8. The van der Waals surface area contributed by atoms with Crippen LogP contribution >= 0.6 is 23.4 Å². The third-order valence-corrected chi connectivity index (χ3v) is 5.45. The predicted octanol–water partition coefficient (Wildman–Crippen LogP) is 4.64. The van der Waals surface area contributed by atoms with Gasteiger partial charge in [-0.1, -0.05) is 17.7 Å². The number of urea groups is 1. The molecule has 1 N–H and O–H groups in total. The Bertz CT molecular complexity index is 754. The number of ether oxygens (including phenoxy) is 2. The molecule has 2 aromatic carbocycles. The number of anilines is 1. The summed E-state index contributed by atoms with van der Waals surface area (Å²) < 4.78 is 10.7. The van der Waals surface area contributed by atoms with Gasteiger partial charge in [0.25, 0.3) is 0 Å². The molecule has 132 valence electrons. The van der Waals surface area contributed by atoms with Crippen molar-refractivity contribution in [3.8, 4) is 11.5 Å². The molecule has 7 heteroatoms. The summed E-state index contributed by atoms with van der Waals surface area (Å²) in [5.41, 5.74) is 1.73. The van der Waals surface area contributed by atoms with E-state index in [1.807, 2.05) is 23.1 Å². The lowest BCUT2D eigenvalue weighted by Gasteiger charge is -2.25. The summed E-state index contributed by atoms with van der Waals surface area (Å²) in [6.45, 7) is 0.684. The number of halogens is 1. The zero-order valence-corrected chi connectivity index (χ0v) is 15.6. The van der Waals surface area contributed by atoms with Gasteiger partial charge >= 0.3 is 6.03 Å². The quantitative estimate of drug-likeness (QED) is 0.842. The molecule has 1 atom stereocenters. The van der Waals surface area contributed by atoms with Gasteiger partial charge in [-0.15, -0.1) is 11.8 Å². The standard InChI is InChI=1S/C18H19ClN2O3S/c1-23-15-8-3-12(11-16(15)24-2)17-21(9-10-25-17)18(22)20-14-6-4-13(19)5-7-14/h3-8,11,17H,9-10H2,1-2H3,(H,20,22)/t17-/m0/s1. The maximum absolute atomic E-state index is 12.7. The maximum Gasteiger partial charge on any atom is 0.323 e. The summed E-state index contributed by atoms with van der Waals surface area (Å²) >= 11 is 7.61. The van der Waals surface area contributed by atoms with Crippen LogP contribution in [0.3, 0.4) is 0 Å². The molecule has 1 aliphatic rings. The molecule has 0 aromatic heterocycles. The molecule has 1 aliphatic heterocycles. The van der Waals surface area contributed by atoms with E-state index in [9.17, 15) is 4.79 Å². The molecule has 5 nitrogen and oxygen atoms in total. The number of amides is 2. The summed E-state index contributed by atoms with van der Waals surface area (Å²) in [5.74, 6) is 2.21. The van der Waals surface area contributed by atoms with Crippen molar-refractivity contribution in [1.82, 2.24) is 4.90 Å². The van der Waals surface area contributed by atoms with Crippen molar-refractivity contribution in [2.75, 3.05) is 31.8 Å². The smallest absolute Gasteiger partial charge is 0.323 e. The van der Waals surface area contributed by atoms with Crippen LogP contribution in [0.1, 0.15) is 10.9 Å². The average molecular weight is 379 g/mol. The van der Waals surface area contributed by atoms with Gasteiger partial charge in [0.15, 0.2) is 11.5 Å². The minimum Gasteiger partial charge on any atom is -0.493 e. The number of rotatable bonds is 4. The van der Waals surface area contributed by atoms with E-state index in [1.54, 1.807) is 50.2 Å². The van der Waals surface area contributed by atoms with Crippen LogP contribution in [0.15, 0.2) is 42.5 Å². The molecular formula is C18H19ClN2O3S. The highest BCUT2D eigenvalue weighted by Crippen LogP contribution is 2.41. The van der Waals surface area contributed by atoms with E-state index < -0.39 is 0 Å². The van der Waals surface area contributed by atoms with E-state index in [1.165, 1.54) is 0 Å². The molecule has 25 heavy (non-hydrogen) atoms. The molecule has 0 aliphatic carbocycles. The molecule has 1 fully saturated rings. The number of carbonyl (C=O) groups is 1. The summed E-state index contributed by atoms with van der Waals surface area (Å²) in [6.07, 6.45) is 0.